The van der Waals surface area contributed by atoms with Gasteiger partial charge < -0.3 is 9.88 Å². The standard InChI is InChI=1S/C20H16N2O2/c23-19(13-22-10-4-3-7-20(22)24)21-16-8-9-18-15(12-16)11-14-5-1-2-6-17(14)18/h1-10,12H,11,13H2,(H,21,23). The Balaban J connectivity index is 1.53. The Hall–Kier alpha value is -3.14. The van der Waals surface area contributed by atoms with Crippen LogP contribution in [0, 0.1) is 0 Å². The largest absolute Gasteiger partial charge is 0.325 e. The summed E-state index contributed by atoms with van der Waals surface area (Å²) in [7, 11) is 0. The minimum absolute atomic E-state index is 0.0109. The van der Waals surface area contributed by atoms with Gasteiger partial charge in [0.25, 0.3) is 5.56 Å². The van der Waals surface area contributed by atoms with E-state index in [1.54, 1.807) is 18.3 Å². The van der Waals surface area contributed by atoms with Gasteiger partial charge in [0.1, 0.15) is 6.54 Å². The van der Waals surface area contributed by atoms with Gasteiger partial charge >= 0.3 is 0 Å². The molecular weight excluding hydrogens is 300 g/mol. The molecule has 0 saturated carbocycles. The molecule has 1 heterocycles. The van der Waals surface area contributed by atoms with Crippen LogP contribution in [0.3, 0.4) is 0 Å². The molecule has 4 rings (SSSR count). The zero-order chi connectivity index (χ0) is 16.5. The molecule has 0 fully saturated rings. The minimum atomic E-state index is -0.209. The summed E-state index contributed by atoms with van der Waals surface area (Å²) in [5.41, 5.74) is 5.59. The van der Waals surface area contributed by atoms with E-state index in [0.29, 0.717) is 0 Å². The van der Waals surface area contributed by atoms with Crippen LogP contribution in [0.25, 0.3) is 11.1 Å². The summed E-state index contributed by atoms with van der Waals surface area (Å²) in [4.78, 5) is 23.9. The summed E-state index contributed by atoms with van der Waals surface area (Å²) in [5.74, 6) is -0.209. The number of fused-ring (bicyclic) bond motifs is 3. The lowest BCUT2D eigenvalue weighted by Crippen LogP contribution is -2.26. The summed E-state index contributed by atoms with van der Waals surface area (Å²) in [5, 5.41) is 2.88. The molecule has 24 heavy (non-hydrogen) atoms. The van der Waals surface area contributed by atoms with E-state index in [0.717, 1.165) is 12.1 Å². The summed E-state index contributed by atoms with van der Waals surface area (Å²) >= 11 is 0. The zero-order valence-corrected chi connectivity index (χ0v) is 13.0. The van der Waals surface area contributed by atoms with Crippen LogP contribution in [0.15, 0.2) is 71.7 Å². The van der Waals surface area contributed by atoms with E-state index in [2.05, 4.69) is 17.4 Å². The van der Waals surface area contributed by atoms with Crippen molar-refractivity contribution in [3.63, 3.8) is 0 Å². The van der Waals surface area contributed by atoms with E-state index in [4.69, 9.17) is 0 Å². The maximum Gasteiger partial charge on any atom is 0.250 e. The SMILES string of the molecule is O=C(Cn1ccccc1=O)Nc1ccc2c(c1)Cc1ccccc1-2. The zero-order valence-electron chi connectivity index (χ0n) is 13.0. The average molecular weight is 316 g/mol. The fourth-order valence-electron chi connectivity index (χ4n) is 3.17. The molecule has 0 radical (unpaired) electrons. The van der Waals surface area contributed by atoms with Crippen molar-refractivity contribution in [3.05, 3.63) is 88.3 Å². The van der Waals surface area contributed by atoms with Gasteiger partial charge in [-0.05, 0) is 46.9 Å². The first-order valence-electron chi connectivity index (χ1n) is 7.87. The van der Waals surface area contributed by atoms with Gasteiger partial charge in [0.2, 0.25) is 5.91 Å². The number of hydrogen-bond acceptors (Lipinski definition) is 2. The molecule has 2 aromatic carbocycles. The molecule has 3 aromatic rings. The van der Waals surface area contributed by atoms with Gasteiger partial charge in [-0.1, -0.05) is 36.4 Å². The number of anilines is 1. The second kappa shape index (κ2) is 5.81. The van der Waals surface area contributed by atoms with Crippen molar-refractivity contribution < 1.29 is 4.79 Å². The van der Waals surface area contributed by atoms with Crippen LogP contribution in [-0.4, -0.2) is 10.5 Å². The fraction of sp³-hybridized carbons (Fsp3) is 0.100. The number of rotatable bonds is 3. The molecule has 4 heteroatoms. The number of aromatic nitrogens is 1. The van der Waals surface area contributed by atoms with E-state index >= 15 is 0 Å². The Morgan fingerprint density at radius 2 is 1.75 bits per heavy atom. The predicted octanol–water partition coefficient (Wildman–Crippen LogP) is 3.06. The Morgan fingerprint density at radius 1 is 0.958 bits per heavy atom. The summed E-state index contributed by atoms with van der Waals surface area (Å²) < 4.78 is 1.39. The highest BCUT2D eigenvalue weighted by Gasteiger charge is 2.18. The number of hydrogen-bond donors (Lipinski definition) is 1. The highest BCUT2D eigenvalue weighted by Crippen LogP contribution is 2.37. The third-order valence-corrected chi connectivity index (χ3v) is 4.29. The molecule has 0 bridgehead atoms. The Bertz CT molecular complexity index is 989. The van der Waals surface area contributed by atoms with Crippen LogP contribution < -0.4 is 10.9 Å². The number of carbonyl (C=O) groups excluding carboxylic acids is 1. The Morgan fingerprint density at radius 3 is 2.62 bits per heavy atom. The Labute approximate surface area is 139 Å². The number of benzene rings is 2. The van der Waals surface area contributed by atoms with Crippen molar-refractivity contribution in [2.75, 3.05) is 5.32 Å². The fourth-order valence-corrected chi connectivity index (χ4v) is 3.17. The molecular formula is C20H16N2O2. The second-order valence-electron chi connectivity index (χ2n) is 5.92. The van der Waals surface area contributed by atoms with E-state index < -0.39 is 0 Å². The number of carbonyl (C=O) groups is 1. The van der Waals surface area contributed by atoms with Crippen molar-refractivity contribution in [1.82, 2.24) is 4.57 Å². The second-order valence-corrected chi connectivity index (χ2v) is 5.92. The van der Waals surface area contributed by atoms with Gasteiger partial charge in [-0.15, -0.1) is 0 Å². The van der Waals surface area contributed by atoms with Gasteiger partial charge in [-0.3, -0.25) is 9.59 Å². The quantitative estimate of drug-likeness (QED) is 0.631. The summed E-state index contributed by atoms with van der Waals surface area (Å²) in [6.07, 6.45) is 2.49. The van der Waals surface area contributed by atoms with Crippen LogP contribution in [0.5, 0.6) is 0 Å². The first-order chi connectivity index (χ1) is 11.7. The average Bonchev–Trinajstić information content (AvgIpc) is 2.94. The lowest BCUT2D eigenvalue weighted by Gasteiger charge is -2.09. The number of amides is 1. The van der Waals surface area contributed by atoms with Crippen molar-refractivity contribution in [2.45, 2.75) is 13.0 Å². The van der Waals surface area contributed by atoms with Gasteiger partial charge in [0.05, 0.1) is 0 Å². The molecule has 1 aromatic heterocycles. The van der Waals surface area contributed by atoms with Gasteiger partial charge in [-0.25, -0.2) is 0 Å². The molecule has 0 atom stereocenters. The monoisotopic (exact) mass is 316 g/mol. The molecule has 0 unspecified atom stereocenters. The van der Waals surface area contributed by atoms with Gasteiger partial charge in [0, 0.05) is 18.0 Å². The van der Waals surface area contributed by atoms with Crippen molar-refractivity contribution in [1.29, 1.82) is 0 Å². The van der Waals surface area contributed by atoms with Crippen LogP contribution >= 0.6 is 0 Å². The molecule has 1 N–H and O–H groups in total. The highest BCUT2D eigenvalue weighted by atomic mass is 16.2. The molecule has 1 aliphatic carbocycles. The van der Waals surface area contributed by atoms with Crippen LogP contribution in [0.4, 0.5) is 5.69 Å². The van der Waals surface area contributed by atoms with Crippen molar-refractivity contribution in [2.24, 2.45) is 0 Å². The molecule has 1 aliphatic rings. The molecule has 0 spiro atoms. The first kappa shape index (κ1) is 14.5. The molecule has 0 saturated heterocycles. The summed E-state index contributed by atoms with van der Waals surface area (Å²) in [6, 6.07) is 19.2. The predicted molar refractivity (Wildman–Crippen MR) is 94.0 cm³/mol. The topological polar surface area (TPSA) is 51.1 Å². The third-order valence-electron chi connectivity index (χ3n) is 4.29. The normalized spacial score (nSPS) is 11.7. The van der Waals surface area contributed by atoms with E-state index in [1.807, 2.05) is 30.3 Å². The van der Waals surface area contributed by atoms with E-state index in [-0.39, 0.29) is 18.0 Å². The highest BCUT2D eigenvalue weighted by molar-refractivity contribution is 5.91. The Kier molecular flexibility index (Phi) is 3.50. The van der Waals surface area contributed by atoms with Crippen LogP contribution in [-0.2, 0) is 17.8 Å². The van der Waals surface area contributed by atoms with Crippen molar-refractivity contribution >= 4 is 11.6 Å². The van der Waals surface area contributed by atoms with E-state index in [9.17, 15) is 9.59 Å². The number of nitrogens with zero attached hydrogens (tertiary/aromatic N) is 1. The van der Waals surface area contributed by atoms with Crippen LogP contribution in [0.1, 0.15) is 11.1 Å². The smallest absolute Gasteiger partial charge is 0.250 e. The van der Waals surface area contributed by atoms with Crippen LogP contribution in [0.2, 0.25) is 0 Å². The van der Waals surface area contributed by atoms with E-state index in [1.165, 1.54) is 32.9 Å². The molecule has 0 aliphatic heterocycles. The lowest BCUT2D eigenvalue weighted by molar-refractivity contribution is -0.116. The minimum Gasteiger partial charge on any atom is -0.325 e. The number of pyridine rings is 1. The molecule has 1 amide bonds. The number of nitrogens with one attached hydrogen (secondary N) is 1. The summed E-state index contributed by atoms with van der Waals surface area (Å²) in [6.45, 7) is 0.0109. The maximum atomic E-state index is 12.2. The van der Waals surface area contributed by atoms with Crippen molar-refractivity contribution in [3.8, 4) is 11.1 Å². The molecule has 4 nitrogen and oxygen atoms in total. The third kappa shape index (κ3) is 2.63. The maximum absolute atomic E-state index is 12.2. The first-order valence-corrected chi connectivity index (χ1v) is 7.87. The van der Waals surface area contributed by atoms with Gasteiger partial charge in [0.15, 0.2) is 0 Å². The van der Waals surface area contributed by atoms with Gasteiger partial charge in [-0.2, -0.15) is 0 Å². The molecule has 118 valence electrons. The lowest BCUT2D eigenvalue weighted by atomic mass is 10.1.